The zero-order chi connectivity index (χ0) is 24.0. The Morgan fingerprint density at radius 1 is 0.676 bits per heavy atom. The molecule has 0 aliphatic carbocycles. The Morgan fingerprint density at radius 2 is 1.09 bits per heavy atom. The number of hydrogen-bond donors (Lipinski definition) is 0. The maximum Gasteiger partial charge on any atom is 0.178 e. The Bertz CT molecular complexity index is 1310. The third kappa shape index (κ3) is 5.14. The summed E-state index contributed by atoms with van der Waals surface area (Å²) in [5.41, 5.74) is 0.992. The lowest BCUT2D eigenvalue weighted by Crippen LogP contribution is -2.29. The molecule has 0 N–H and O–H groups in total. The van der Waals surface area contributed by atoms with Crippen molar-refractivity contribution >= 4 is 44.2 Å². The second-order valence-corrected chi connectivity index (χ2v) is 13.6. The van der Waals surface area contributed by atoms with E-state index in [2.05, 4.69) is 36.4 Å². The van der Waals surface area contributed by atoms with Crippen molar-refractivity contribution in [2.75, 3.05) is 5.75 Å². The summed E-state index contributed by atoms with van der Waals surface area (Å²) in [5, 5.41) is 3.17. The maximum atomic E-state index is 13.4. The van der Waals surface area contributed by atoms with E-state index >= 15 is 0 Å². The van der Waals surface area contributed by atoms with E-state index in [0.29, 0.717) is 0 Å². The van der Waals surface area contributed by atoms with Gasteiger partial charge in [-0.25, -0.2) is 8.42 Å². The van der Waals surface area contributed by atoms with Gasteiger partial charge in [0.15, 0.2) is 15.6 Å². The number of rotatable bonds is 8. The van der Waals surface area contributed by atoms with Gasteiger partial charge in [0, 0.05) is 6.42 Å². The summed E-state index contributed by atoms with van der Waals surface area (Å²) >= 11 is 0. The minimum atomic E-state index is -3.55. The Hall–Kier alpha value is -3.20. The number of benzene rings is 4. The van der Waals surface area contributed by atoms with Crippen molar-refractivity contribution in [3.8, 4) is 0 Å². The molecule has 0 aromatic heterocycles. The molecule has 0 fully saturated rings. The first kappa shape index (κ1) is 23.9. The van der Waals surface area contributed by atoms with Crippen LogP contribution in [-0.4, -0.2) is 25.8 Å². The van der Waals surface area contributed by atoms with E-state index in [4.69, 9.17) is 0 Å². The van der Waals surface area contributed by atoms with Gasteiger partial charge in [-0.2, -0.15) is 0 Å². The van der Waals surface area contributed by atoms with E-state index in [-0.39, 0.29) is 22.9 Å². The first-order valence-electron chi connectivity index (χ1n) is 11.2. The van der Waals surface area contributed by atoms with E-state index in [0.717, 1.165) is 21.5 Å². The van der Waals surface area contributed by atoms with Gasteiger partial charge in [-0.1, -0.05) is 109 Å². The van der Waals surface area contributed by atoms with Crippen LogP contribution in [0.5, 0.6) is 0 Å². The normalized spacial score (nSPS) is 11.7. The molecule has 0 atom stereocenters. The van der Waals surface area contributed by atoms with Crippen molar-refractivity contribution in [1.82, 2.24) is 0 Å². The quantitative estimate of drug-likeness (QED) is 0.344. The van der Waals surface area contributed by atoms with Crippen molar-refractivity contribution < 1.29 is 13.2 Å². The lowest BCUT2D eigenvalue weighted by atomic mass is 10.2. The topological polar surface area (TPSA) is 51.2 Å². The predicted octanol–water partition coefficient (Wildman–Crippen LogP) is 4.52. The number of hydrogen-bond acceptors (Lipinski definition) is 3. The monoisotopic (exact) mass is 486 g/mol. The van der Waals surface area contributed by atoms with Gasteiger partial charge < -0.3 is 0 Å². The molecule has 3 nitrogen and oxygen atoms in total. The maximum absolute atomic E-state index is 13.4. The number of aryl methyl sites for hydroxylation is 1. The molecule has 0 radical (unpaired) electrons. The highest BCUT2D eigenvalue weighted by molar-refractivity contribution is 7.95. The highest BCUT2D eigenvalue weighted by Crippen LogP contribution is 2.43. The molecular formula is C29H27O3PS. The Labute approximate surface area is 202 Å². The van der Waals surface area contributed by atoms with Gasteiger partial charge in [-0.3, -0.25) is 4.79 Å². The van der Waals surface area contributed by atoms with Gasteiger partial charge in [0.05, 0.1) is 10.6 Å². The fourth-order valence-electron chi connectivity index (χ4n) is 4.04. The zero-order valence-electron chi connectivity index (χ0n) is 19.0. The highest BCUT2D eigenvalue weighted by atomic mass is 32.2. The SMILES string of the molecule is Cc1ccc(S(=O)(=O)CCC(=O)C=P(c2ccccc2)(c2ccccc2)c2ccccc2)cc1. The van der Waals surface area contributed by atoms with Gasteiger partial charge in [0.1, 0.15) is 0 Å². The lowest BCUT2D eigenvalue weighted by Gasteiger charge is -2.28. The average Bonchev–Trinajstić information content (AvgIpc) is 2.88. The molecule has 4 aromatic rings. The van der Waals surface area contributed by atoms with Crippen molar-refractivity contribution in [2.24, 2.45) is 0 Å². The third-order valence-corrected chi connectivity index (χ3v) is 11.6. The smallest absolute Gasteiger partial charge is 0.178 e. The molecule has 0 saturated heterocycles. The Morgan fingerprint density at radius 3 is 1.50 bits per heavy atom. The van der Waals surface area contributed by atoms with Crippen molar-refractivity contribution in [2.45, 2.75) is 18.2 Å². The van der Waals surface area contributed by atoms with Gasteiger partial charge in [0.25, 0.3) is 0 Å². The zero-order valence-corrected chi connectivity index (χ0v) is 20.8. The Balaban J connectivity index is 1.80. The number of Topliss-reactive ketones (excluding diaryl/α,β-unsaturated/α-hetero) is 1. The first-order valence-corrected chi connectivity index (χ1v) is 14.7. The van der Waals surface area contributed by atoms with Crippen molar-refractivity contribution in [3.05, 3.63) is 121 Å². The van der Waals surface area contributed by atoms with E-state index in [1.807, 2.05) is 61.5 Å². The van der Waals surface area contributed by atoms with Gasteiger partial charge >= 0.3 is 0 Å². The molecule has 0 aliphatic rings. The second kappa shape index (κ2) is 10.4. The molecule has 0 bridgehead atoms. The van der Waals surface area contributed by atoms with Gasteiger partial charge in [-0.15, -0.1) is 0 Å². The van der Waals surface area contributed by atoms with Crippen LogP contribution in [-0.2, 0) is 14.6 Å². The average molecular weight is 487 g/mol. The van der Waals surface area contributed by atoms with E-state index in [1.54, 1.807) is 30.1 Å². The number of sulfone groups is 1. The molecule has 5 heteroatoms. The van der Waals surface area contributed by atoms with Crippen LogP contribution in [0.15, 0.2) is 120 Å². The molecule has 4 aromatic carbocycles. The largest absolute Gasteiger partial charge is 0.295 e. The minimum absolute atomic E-state index is 0.0650. The van der Waals surface area contributed by atoms with Crippen LogP contribution in [0.3, 0.4) is 0 Å². The number of ketones is 1. The van der Waals surface area contributed by atoms with Crippen LogP contribution in [0.25, 0.3) is 0 Å². The summed E-state index contributed by atoms with van der Waals surface area (Å²) in [6, 6.07) is 36.9. The summed E-state index contributed by atoms with van der Waals surface area (Å²) in [6.07, 6.45) is -0.0650. The standard InChI is InChI=1S/C29H27O3PS/c1-24-17-19-29(20-18-24)34(31,32)22-21-25(30)23-33(26-11-5-2-6-12-26,27-13-7-3-8-14-27)28-15-9-4-10-16-28/h2-20,23H,21-22H2,1H3. The molecule has 0 amide bonds. The molecule has 34 heavy (non-hydrogen) atoms. The Kier molecular flexibility index (Phi) is 7.31. The molecule has 0 spiro atoms. The number of carbonyl (C=O) groups excluding carboxylic acids is 1. The molecule has 0 aliphatic heterocycles. The van der Waals surface area contributed by atoms with E-state index in [9.17, 15) is 13.2 Å². The van der Waals surface area contributed by atoms with Crippen LogP contribution in [0.1, 0.15) is 12.0 Å². The molecule has 4 rings (SSSR count). The third-order valence-electron chi connectivity index (χ3n) is 5.83. The van der Waals surface area contributed by atoms with E-state index < -0.39 is 16.7 Å². The molecule has 172 valence electrons. The molecule has 0 heterocycles. The summed E-state index contributed by atoms with van der Waals surface area (Å²) in [5.74, 6) is 1.42. The first-order chi connectivity index (χ1) is 16.4. The van der Waals surface area contributed by atoms with Crippen LogP contribution < -0.4 is 15.9 Å². The van der Waals surface area contributed by atoms with E-state index in [1.165, 1.54) is 0 Å². The highest BCUT2D eigenvalue weighted by Gasteiger charge is 2.26. The van der Waals surface area contributed by atoms with Crippen LogP contribution in [0.2, 0.25) is 0 Å². The van der Waals surface area contributed by atoms with Crippen LogP contribution >= 0.6 is 6.89 Å². The second-order valence-electron chi connectivity index (χ2n) is 8.21. The van der Waals surface area contributed by atoms with Gasteiger partial charge in [-0.05, 0) is 47.7 Å². The summed E-state index contributed by atoms with van der Waals surface area (Å²) in [6.45, 7) is -0.528. The van der Waals surface area contributed by atoms with Crippen LogP contribution in [0.4, 0.5) is 0 Å². The summed E-state index contributed by atoms with van der Waals surface area (Å²) in [7, 11) is -3.55. The summed E-state index contributed by atoms with van der Waals surface area (Å²) < 4.78 is 25.7. The van der Waals surface area contributed by atoms with Gasteiger partial charge in [0.2, 0.25) is 0 Å². The predicted molar refractivity (Wildman–Crippen MR) is 144 cm³/mol. The van der Waals surface area contributed by atoms with Crippen molar-refractivity contribution in [3.63, 3.8) is 0 Å². The summed E-state index contributed by atoms with van der Waals surface area (Å²) in [4.78, 5) is 13.7. The fraction of sp³-hybridized carbons (Fsp3) is 0.103. The lowest BCUT2D eigenvalue weighted by molar-refractivity contribution is -0.112. The van der Waals surface area contributed by atoms with Crippen LogP contribution in [0, 0.1) is 6.92 Å². The number of carbonyl (C=O) groups is 1. The van der Waals surface area contributed by atoms with Crippen molar-refractivity contribution in [1.29, 1.82) is 0 Å². The molecular weight excluding hydrogens is 459 g/mol. The minimum Gasteiger partial charge on any atom is -0.295 e. The fourth-order valence-corrected chi connectivity index (χ4v) is 9.13. The molecule has 0 unspecified atom stereocenters. The molecule has 0 saturated carbocycles.